The lowest BCUT2D eigenvalue weighted by atomic mass is 10.1. The molecule has 1 fully saturated rings. The lowest BCUT2D eigenvalue weighted by Crippen LogP contribution is -2.41. The van der Waals surface area contributed by atoms with Gasteiger partial charge >= 0.3 is 0 Å². The third kappa shape index (κ3) is 2.78. The van der Waals surface area contributed by atoms with Crippen molar-refractivity contribution in [2.45, 2.75) is 39.4 Å². The van der Waals surface area contributed by atoms with E-state index in [1.807, 2.05) is 0 Å². The monoisotopic (exact) mass is 256 g/mol. The molecule has 96 valence electrons. The lowest BCUT2D eigenvalue weighted by Gasteiger charge is -2.30. The first-order valence-electron chi connectivity index (χ1n) is 6.08. The highest BCUT2D eigenvalue weighted by Crippen LogP contribution is 2.31. The zero-order valence-corrected chi connectivity index (χ0v) is 11.5. The van der Waals surface area contributed by atoms with E-state index in [4.69, 9.17) is 4.74 Å². The van der Waals surface area contributed by atoms with Gasteiger partial charge in [0.1, 0.15) is 0 Å². The van der Waals surface area contributed by atoms with Gasteiger partial charge in [-0.05, 0) is 12.8 Å². The van der Waals surface area contributed by atoms with Crippen LogP contribution >= 0.6 is 11.3 Å². The third-order valence-electron chi connectivity index (χ3n) is 2.92. The number of hydrogen-bond donors (Lipinski definition) is 1. The van der Waals surface area contributed by atoms with E-state index in [0.29, 0.717) is 5.92 Å². The van der Waals surface area contributed by atoms with Gasteiger partial charge in [0.2, 0.25) is 0 Å². The van der Waals surface area contributed by atoms with Crippen molar-refractivity contribution >= 4 is 16.5 Å². The predicted molar refractivity (Wildman–Crippen MR) is 69.8 cm³/mol. The molecule has 0 amide bonds. The molecule has 0 saturated carbocycles. The van der Waals surface area contributed by atoms with E-state index in [9.17, 15) is 5.11 Å². The van der Waals surface area contributed by atoms with Gasteiger partial charge in [-0.2, -0.15) is 0 Å². The van der Waals surface area contributed by atoms with Gasteiger partial charge in [0.05, 0.1) is 29.9 Å². The second-order valence-corrected chi connectivity index (χ2v) is 5.81. The number of thiazole rings is 1. The summed E-state index contributed by atoms with van der Waals surface area (Å²) in [5.41, 5.74) is 1.03. The Bertz CT molecular complexity index is 379. The van der Waals surface area contributed by atoms with Crippen LogP contribution in [-0.2, 0) is 11.3 Å². The normalized spacial score (nSPS) is 21.2. The minimum absolute atomic E-state index is 0.0884. The van der Waals surface area contributed by atoms with Gasteiger partial charge in [-0.3, -0.25) is 0 Å². The predicted octanol–water partition coefficient (Wildman–Crippen LogP) is 1.98. The summed E-state index contributed by atoms with van der Waals surface area (Å²) in [5, 5.41) is 10.4. The van der Waals surface area contributed by atoms with Crippen LogP contribution in [0.4, 0.5) is 5.13 Å². The Labute approximate surface area is 106 Å². The molecule has 1 aromatic rings. The summed E-state index contributed by atoms with van der Waals surface area (Å²) in [5.74, 6) is 0.362. The second kappa shape index (κ2) is 5.33. The zero-order chi connectivity index (χ0) is 12.4. The van der Waals surface area contributed by atoms with Crippen LogP contribution in [0.15, 0.2) is 0 Å². The van der Waals surface area contributed by atoms with Crippen LogP contribution in [-0.4, -0.2) is 35.9 Å². The van der Waals surface area contributed by atoms with E-state index in [1.165, 1.54) is 0 Å². The second-order valence-electron chi connectivity index (χ2n) is 4.75. The molecule has 17 heavy (non-hydrogen) atoms. The fourth-order valence-corrected chi connectivity index (χ4v) is 3.15. The summed E-state index contributed by atoms with van der Waals surface area (Å²) in [6.45, 7) is 8.92. The van der Waals surface area contributed by atoms with Gasteiger partial charge in [0, 0.05) is 13.1 Å². The molecule has 0 spiro atoms. The van der Waals surface area contributed by atoms with Gasteiger partial charge in [0.15, 0.2) is 5.13 Å². The van der Waals surface area contributed by atoms with Crippen molar-refractivity contribution < 1.29 is 9.84 Å². The standard InChI is InChI=1S/C12H20N2O2S/c1-8(2)11-10(7-15)17-12(13-11)14-4-5-16-9(3)6-14/h8-9,15H,4-7H2,1-3H3. The van der Waals surface area contributed by atoms with E-state index in [0.717, 1.165) is 35.4 Å². The Kier molecular flexibility index (Phi) is 4.01. The van der Waals surface area contributed by atoms with Gasteiger partial charge in [-0.15, -0.1) is 0 Å². The maximum atomic E-state index is 9.36. The Morgan fingerprint density at radius 2 is 2.35 bits per heavy atom. The molecule has 4 nitrogen and oxygen atoms in total. The Balaban J connectivity index is 2.20. The van der Waals surface area contributed by atoms with E-state index >= 15 is 0 Å². The molecule has 0 aliphatic carbocycles. The van der Waals surface area contributed by atoms with Crippen LogP contribution in [0.2, 0.25) is 0 Å². The quantitative estimate of drug-likeness (QED) is 0.898. The lowest BCUT2D eigenvalue weighted by molar-refractivity contribution is 0.0532. The number of aliphatic hydroxyl groups excluding tert-OH is 1. The molecule has 1 unspecified atom stereocenters. The first-order chi connectivity index (χ1) is 8.11. The molecule has 1 aliphatic heterocycles. The molecular weight excluding hydrogens is 236 g/mol. The van der Waals surface area contributed by atoms with Gasteiger partial charge in [0.25, 0.3) is 0 Å². The average Bonchev–Trinajstić information content (AvgIpc) is 2.73. The molecule has 2 heterocycles. The Morgan fingerprint density at radius 1 is 1.59 bits per heavy atom. The third-order valence-corrected chi connectivity index (χ3v) is 4.04. The van der Waals surface area contributed by atoms with Crippen molar-refractivity contribution in [2.24, 2.45) is 0 Å². The highest BCUT2D eigenvalue weighted by atomic mass is 32.1. The summed E-state index contributed by atoms with van der Waals surface area (Å²) in [6.07, 6.45) is 0.257. The summed E-state index contributed by atoms with van der Waals surface area (Å²) in [6, 6.07) is 0. The molecule has 0 aromatic carbocycles. The average molecular weight is 256 g/mol. The maximum absolute atomic E-state index is 9.36. The number of ether oxygens (including phenoxy) is 1. The van der Waals surface area contributed by atoms with E-state index in [2.05, 4.69) is 30.7 Å². The van der Waals surface area contributed by atoms with Crippen LogP contribution in [0, 0.1) is 0 Å². The molecule has 5 heteroatoms. The summed E-state index contributed by atoms with van der Waals surface area (Å²) in [7, 11) is 0. The molecule has 1 aliphatic rings. The fraction of sp³-hybridized carbons (Fsp3) is 0.750. The molecule has 0 bridgehead atoms. The highest BCUT2D eigenvalue weighted by Gasteiger charge is 2.22. The number of aliphatic hydroxyl groups is 1. The van der Waals surface area contributed by atoms with Gasteiger partial charge in [-0.1, -0.05) is 25.2 Å². The number of rotatable bonds is 3. The largest absolute Gasteiger partial charge is 0.391 e. The number of anilines is 1. The number of aromatic nitrogens is 1. The van der Waals surface area contributed by atoms with Crippen LogP contribution in [0.25, 0.3) is 0 Å². The SMILES string of the molecule is CC1CN(c2nc(C(C)C)c(CO)s2)CCO1. The Morgan fingerprint density at radius 3 is 2.88 bits per heavy atom. The molecule has 2 rings (SSSR count). The van der Waals surface area contributed by atoms with Crippen LogP contribution in [0.3, 0.4) is 0 Å². The van der Waals surface area contributed by atoms with E-state index < -0.39 is 0 Å². The van der Waals surface area contributed by atoms with Gasteiger partial charge < -0.3 is 14.7 Å². The maximum Gasteiger partial charge on any atom is 0.186 e. The summed E-state index contributed by atoms with van der Waals surface area (Å²) in [4.78, 5) is 7.92. The first kappa shape index (κ1) is 12.8. The minimum atomic E-state index is 0.0884. The van der Waals surface area contributed by atoms with Crippen molar-refractivity contribution in [1.29, 1.82) is 0 Å². The van der Waals surface area contributed by atoms with E-state index in [-0.39, 0.29) is 12.7 Å². The zero-order valence-electron chi connectivity index (χ0n) is 10.6. The van der Waals surface area contributed by atoms with Crippen molar-refractivity contribution in [3.63, 3.8) is 0 Å². The van der Waals surface area contributed by atoms with Gasteiger partial charge in [-0.25, -0.2) is 4.98 Å². The summed E-state index contributed by atoms with van der Waals surface area (Å²) < 4.78 is 5.53. The van der Waals surface area contributed by atoms with Crippen molar-refractivity contribution in [3.05, 3.63) is 10.6 Å². The first-order valence-corrected chi connectivity index (χ1v) is 6.90. The molecular formula is C12H20N2O2S. The van der Waals surface area contributed by atoms with Crippen LogP contribution in [0.5, 0.6) is 0 Å². The van der Waals surface area contributed by atoms with Crippen molar-refractivity contribution in [2.75, 3.05) is 24.6 Å². The fourth-order valence-electron chi connectivity index (χ4n) is 2.04. The van der Waals surface area contributed by atoms with Crippen LogP contribution in [0.1, 0.15) is 37.3 Å². The molecule has 1 atom stereocenters. The topological polar surface area (TPSA) is 45.6 Å². The summed E-state index contributed by atoms with van der Waals surface area (Å²) >= 11 is 1.61. The minimum Gasteiger partial charge on any atom is -0.391 e. The molecule has 0 radical (unpaired) electrons. The molecule has 1 saturated heterocycles. The number of morpholine rings is 1. The highest BCUT2D eigenvalue weighted by molar-refractivity contribution is 7.15. The van der Waals surface area contributed by atoms with Crippen molar-refractivity contribution in [1.82, 2.24) is 4.98 Å². The number of nitrogens with zero attached hydrogens (tertiary/aromatic N) is 2. The smallest absolute Gasteiger partial charge is 0.186 e. The Hall–Kier alpha value is -0.650. The molecule has 1 aromatic heterocycles. The molecule has 1 N–H and O–H groups in total. The van der Waals surface area contributed by atoms with E-state index in [1.54, 1.807) is 11.3 Å². The van der Waals surface area contributed by atoms with Crippen molar-refractivity contribution in [3.8, 4) is 0 Å². The number of hydrogen-bond acceptors (Lipinski definition) is 5. The van der Waals surface area contributed by atoms with Crippen LogP contribution < -0.4 is 4.90 Å².